The predicted octanol–water partition coefficient (Wildman–Crippen LogP) is 0.531. The molecule has 114 valence electrons. The summed E-state index contributed by atoms with van der Waals surface area (Å²) in [5.41, 5.74) is -1.12. The number of hydrogen-bond donors (Lipinski definition) is 2. The molecule has 0 atom stereocenters. The summed E-state index contributed by atoms with van der Waals surface area (Å²) < 4.78 is 0. The third-order valence-electron chi connectivity index (χ3n) is 3.44. The van der Waals surface area contributed by atoms with Gasteiger partial charge in [0.05, 0.1) is 4.92 Å². The Morgan fingerprint density at radius 2 is 2.24 bits per heavy atom. The van der Waals surface area contributed by atoms with Crippen LogP contribution >= 0.6 is 0 Å². The Labute approximate surface area is 121 Å². The molecule has 2 N–H and O–H groups in total. The molecule has 21 heavy (non-hydrogen) atoms. The molecule has 2 heterocycles. The SMILES string of the molecule is CCNc1ncnc(N2CCNC(=O)C2(C)C)c1[N+](=O)[O-]. The number of hydrogen-bond acceptors (Lipinski definition) is 7. The van der Waals surface area contributed by atoms with Crippen LogP contribution in [0.15, 0.2) is 6.33 Å². The lowest BCUT2D eigenvalue weighted by molar-refractivity contribution is -0.383. The van der Waals surface area contributed by atoms with Crippen molar-refractivity contribution in [2.45, 2.75) is 26.3 Å². The molecule has 0 unspecified atom stereocenters. The van der Waals surface area contributed by atoms with Crippen LogP contribution in [0.3, 0.4) is 0 Å². The van der Waals surface area contributed by atoms with Gasteiger partial charge in [-0.05, 0) is 20.8 Å². The fraction of sp³-hybridized carbons (Fsp3) is 0.583. The third-order valence-corrected chi connectivity index (χ3v) is 3.44. The maximum Gasteiger partial charge on any atom is 0.353 e. The Morgan fingerprint density at radius 1 is 1.52 bits per heavy atom. The molecule has 1 aliphatic rings. The first-order valence-electron chi connectivity index (χ1n) is 6.68. The van der Waals surface area contributed by atoms with Gasteiger partial charge in [-0.3, -0.25) is 14.9 Å². The highest BCUT2D eigenvalue weighted by Crippen LogP contribution is 2.35. The molecule has 1 saturated heterocycles. The molecule has 1 aromatic rings. The van der Waals surface area contributed by atoms with Gasteiger partial charge in [0, 0.05) is 19.6 Å². The van der Waals surface area contributed by atoms with Gasteiger partial charge in [-0.25, -0.2) is 9.97 Å². The highest BCUT2D eigenvalue weighted by atomic mass is 16.6. The van der Waals surface area contributed by atoms with E-state index < -0.39 is 10.5 Å². The van der Waals surface area contributed by atoms with Crippen LogP contribution < -0.4 is 15.5 Å². The van der Waals surface area contributed by atoms with E-state index in [1.54, 1.807) is 18.7 Å². The monoisotopic (exact) mass is 294 g/mol. The standard InChI is InChI=1S/C12H18N6O3/c1-4-13-9-8(18(20)21)10(16-7-15-9)17-6-5-14-11(19)12(17,2)3/h7H,4-6H2,1-3H3,(H,14,19)(H,13,15,16). The van der Waals surface area contributed by atoms with Crippen LogP contribution in [-0.4, -0.2) is 46.0 Å². The topological polar surface area (TPSA) is 113 Å². The quantitative estimate of drug-likeness (QED) is 0.615. The summed E-state index contributed by atoms with van der Waals surface area (Å²) in [5.74, 6) is 0.131. The van der Waals surface area contributed by atoms with Crippen molar-refractivity contribution in [3.05, 3.63) is 16.4 Å². The molecular weight excluding hydrogens is 276 g/mol. The Bertz CT molecular complexity index is 574. The van der Waals surface area contributed by atoms with E-state index in [1.165, 1.54) is 6.33 Å². The van der Waals surface area contributed by atoms with E-state index in [4.69, 9.17) is 0 Å². The number of nitrogens with zero attached hydrogens (tertiary/aromatic N) is 4. The van der Waals surface area contributed by atoms with Crippen molar-refractivity contribution in [3.63, 3.8) is 0 Å². The summed E-state index contributed by atoms with van der Waals surface area (Å²) in [6, 6.07) is 0. The lowest BCUT2D eigenvalue weighted by Crippen LogP contribution is -2.62. The van der Waals surface area contributed by atoms with E-state index in [0.29, 0.717) is 19.6 Å². The first-order valence-corrected chi connectivity index (χ1v) is 6.68. The molecular formula is C12H18N6O3. The number of piperazine rings is 1. The Kier molecular flexibility index (Phi) is 3.92. The molecule has 0 bridgehead atoms. The average molecular weight is 294 g/mol. The van der Waals surface area contributed by atoms with E-state index in [9.17, 15) is 14.9 Å². The summed E-state index contributed by atoms with van der Waals surface area (Å²) in [6.07, 6.45) is 1.27. The minimum atomic E-state index is -0.916. The second-order valence-electron chi connectivity index (χ2n) is 5.15. The van der Waals surface area contributed by atoms with E-state index in [-0.39, 0.29) is 23.2 Å². The van der Waals surface area contributed by atoms with Crippen LogP contribution in [0.25, 0.3) is 0 Å². The van der Waals surface area contributed by atoms with Crippen LogP contribution in [0, 0.1) is 10.1 Å². The normalized spacial score (nSPS) is 17.3. The summed E-state index contributed by atoms with van der Waals surface area (Å²) >= 11 is 0. The minimum Gasteiger partial charge on any atom is -0.364 e. The Hall–Kier alpha value is -2.45. The fourth-order valence-electron chi connectivity index (χ4n) is 2.30. The highest BCUT2D eigenvalue weighted by molar-refractivity contribution is 5.91. The molecule has 0 aromatic carbocycles. The number of anilines is 2. The van der Waals surface area contributed by atoms with Gasteiger partial charge in [0.1, 0.15) is 11.9 Å². The summed E-state index contributed by atoms with van der Waals surface area (Å²) in [7, 11) is 0. The average Bonchev–Trinajstić information content (AvgIpc) is 2.41. The molecule has 2 rings (SSSR count). The van der Waals surface area contributed by atoms with Gasteiger partial charge in [-0.1, -0.05) is 0 Å². The maximum atomic E-state index is 12.0. The molecule has 1 aliphatic heterocycles. The minimum absolute atomic E-state index is 0.158. The second kappa shape index (κ2) is 5.51. The van der Waals surface area contributed by atoms with Crippen molar-refractivity contribution in [3.8, 4) is 0 Å². The van der Waals surface area contributed by atoms with Gasteiger partial charge < -0.3 is 15.5 Å². The van der Waals surface area contributed by atoms with Crippen LogP contribution in [0.5, 0.6) is 0 Å². The lowest BCUT2D eigenvalue weighted by Gasteiger charge is -2.41. The van der Waals surface area contributed by atoms with Gasteiger partial charge in [-0.2, -0.15) is 0 Å². The molecule has 9 heteroatoms. The zero-order valence-corrected chi connectivity index (χ0v) is 12.2. The van der Waals surface area contributed by atoms with E-state index >= 15 is 0 Å². The van der Waals surface area contributed by atoms with Gasteiger partial charge in [0.25, 0.3) is 0 Å². The predicted molar refractivity (Wildman–Crippen MR) is 77.3 cm³/mol. The number of amides is 1. The number of aromatic nitrogens is 2. The molecule has 1 aromatic heterocycles. The maximum absolute atomic E-state index is 12.0. The van der Waals surface area contributed by atoms with Crippen molar-refractivity contribution in [2.75, 3.05) is 29.9 Å². The molecule has 1 amide bonds. The van der Waals surface area contributed by atoms with Crippen LogP contribution in [0.1, 0.15) is 20.8 Å². The van der Waals surface area contributed by atoms with Crippen molar-refractivity contribution in [1.29, 1.82) is 0 Å². The highest BCUT2D eigenvalue weighted by Gasteiger charge is 2.42. The molecule has 0 radical (unpaired) electrons. The summed E-state index contributed by atoms with van der Waals surface area (Å²) in [4.78, 5) is 32.5. The van der Waals surface area contributed by atoms with Crippen molar-refractivity contribution in [2.24, 2.45) is 0 Å². The van der Waals surface area contributed by atoms with Gasteiger partial charge in [0.15, 0.2) is 0 Å². The smallest absolute Gasteiger partial charge is 0.353 e. The van der Waals surface area contributed by atoms with E-state index in [1.807, 2.05) is 6.92 Å². The zero-order chi connectivity index (χ0) is 15.6. The zero-order valence-electron chi connectivity index (χ0n) is 12.2. The molecule has 0 aliphatic carbocycles. The van der Waals surface area contributed by atoms with Crippen molar-refractivity contribution in [1.82, 2.24) is 15.3 Å². The van der Waals surface area contributed by atoms with E-state index in [0.717, 1.165) is 0 Å². The first-order chi connectivity index (χ1) is 9.89. The number of carbonyl (C=O) groups excluding carboxylic acids is 1. The van der Waals surface area contributed by atoms with Gasteiger partial charge >= 0.3 is 5.69 Å². The Balaban J connectivity index is 2.55. The van der Waals surface area contributed by atoms with E-state index in [2.05, 4.69) is 20.6 Å². The fourth-order valence-corrected chi connectivity index (χ4v) is 2.30. The molecule has 0 saturated carbocycles. The molecule has 0 spiro atoms. The van der Waals surface area contributed by atoms with Crippen LogP contribution in [-0.2, 0) is 4.79 Å². The number of nitrogens with one attached hydrogen (secondary N) is 2. The van der Waals surface area contributed by atoms with Crippen molar-refractivity contribution >= 4 is 23.2 Å². The van der Waals surface area contributed by atoms with Gasteiger partial charge in [-0.15, -0.1) is 0 Å². The largest absolute Gasteiger partial charge is 0.364 e. The number of rotatable bonds is 4. The van der Waals surface area contributed by atoms with Crippen LogP contribution in [0.2, 0.25) is 0 Å². The number of nitro groups is 1. The molecule has 1 fully saturated rings. The Morgan fingerprint density at radius 3 is 2.86 bits per heavy atom. The summed E-state index contributed by atoms with van der Waals surface area (Å²) in [6.45, 7) is 6.60. The lowest BCUT2D eigenvalue weighted by atomic mass is 9.99. The molecule has 9 nitrogen and oxygen atoms in total. The summed E-state index contributed by atoms with van der Waals surface area (Å²) in [5, 5.41) is 17.0. The second-order valence-corrected chi connectivity index (χ2v) is 5.15. The first kappa shape index (κ1) is 14.9. The van der Waals surface area contributed by atoms with Gasteiger partial charge in [0.2, 0.25) is 17.5 Å². The number of carbonyl (C=O) groups is 1. The third kappa shape index (κ3) is 2.58. The van der Waals surface area contributed by atoms with Crippen molar-refractivity contribution < 1.29 is 9.72 Å². The van der Waals surface area contributed by atoms with Crippen LogP contribution in [0.4, 0.5) is 17.3 Å².